The standard InChI is InChI=1S/C19H15N3O5S/c1-11-8-14-16(9-12(11)2)28-19(20-14)21(10-13-4-3-7-26-13)18(23)15-5-6-17(27-15)22(24)25/h3-9H,10H2,1-2H3. The molecule has 28 heavy (non-hydrogen) atoms. The highest BCUT2D eigenvalue weighted by molar-refractivity contribution is 7.22. The Morgan fingerprint density at radius 3 is 2.71 bits per heavy atom. The third kappa shape index (κ3) is 3.27. The SMILES string of the molecule is Cc1cc2nc(N(Cc3ccco3)C(=O)c3ccc([N+](=O)[O-])o3)sc2cc1C. The molecule has 0 atom stereocenters. The minimum absolute atomic E-state index is 0.123. The highest BCUT2D eigenvalue weighted by Gasteiger charge is 2.27. The molecule has 1 aromatic carbocycles. The van der Waals surface area contributed by atoms with Gasteiger partial charge in [0.05, 0.1) is 29.1 Å². The number of amides is 1. The van der Waals surface area contributed by atoms with Crippen LogP contribution in [0.5, 0.6) is 0 Å². The Morgan fingerprint density at radius 2 is 2.04 bits per heavy atom. The van der Waals surface area contributed by atoms with Gasteiger partial charge in [-0.1, -0.05) is 11.3 Å². The molecule has 3 aromatic heterocycles. The van der Waals surface area contributed by atoms with E-state index in [0.29, 0.717) is 10.9 Å². The molecule has 0 aliphatic carbocycles. The fourth-order valence-corrected chi connectivity index (χ4v) is 3.78. The van der Waals surface area contributed by atoms with E-state index in [1.54, 1.807) is 12.1 Å². The summed E-state index contributed by atoms with van der Waals surface area (Å²) in [6.45, 7) is 4.14. The fraction of sp³-hybridized carbons (Fsp3) is 0.158. The quantitative estimate of drug-likeness (QED) is 0.352. The molecule has 9 heteroatoms. The van der Waals surface area contributed by atoms with Crippen molar-refractivity contribution in [2.75, 3.05) is 4.90 Å². The van der Waals surface area contributed by atoms with Crippen molar-refractivity contribution in [3.05, 3.63) is 75.4 Å². The number of carbonyl (C=O) groups is 1. The summed E-state index contributed by atoms with van der Waals surface area (Å²) in [5.41, 5.74) is 3.02. The third-order valence-corrected chi connectivity index (χ3v) is 5.39. The molecule has 0 unspecified atom stereocenters. The van der Waals surface area contributed by atoms with Gasteiger partial charge < -0.3 is 8.83 Å². The Labute approximate surface area is 163 Å². The van der Waals surface area contributed by atoms with Crippen LogP contribution in [0.3, 0.4) is 0 Å². The molecule has 0 saturated carbocycles. The normalized spacial score (nSPS) is 11.1. The zero-order valence-corrected chi connectivity index (χ0v) is 15.9. The van der Waals surface area contributed by atoms with Crippen LogP contribution in [0.1, 0.15) is 27.4 Å². The summed E-state index contributed by atoms with van der Waals surface area (Å²) in [5, 5.41) is 11.3. The molecule has 0 aliphatic rings. The van der Waals surface area contributed by atoms with E-state index < -0.39 is 16.7 Å². The maximum atomic E-state index is 13.1. The van der Waals surface area contributed by atoms with E-state index in [-0.39, 0.29) is 12.3 Å². The van der Waals surface area contributed by atoms with Crippen LogP contribution in [0.2, 0.25) is 0 Å². The lowest BCUT2D eigenvalue weighted by Crippen LogP contribution is -2.29. The Bertz CT molecular complexity index is 1140. The van der Waals surface area contributed by atoms with Gasteiger partial charge in [-0.3, -0.25) is 19.8 Å². The third-order valence-electron chi connectivity index (χ3n) is 4.35. The summed E-state index contributed by atoms with van der Waals surface area (Å²) in [4.78, 5) is 29.2. The number of hydrogen-bond donors (Lipinski definition) is 0. The highest BCUT2D eigenvalue weighted by Crippen LogP contribution is 2.33. The van der Waals surface area contributed by atoms with Gasteiger partial charge in [-0.25, -0.2) is 4.98 Å². The average molecular weight is 397 g/mol. The van der Waals surface area contributed by atoms with Crippen LogP contribution < -0.4 is 4.90 Å². The fourth-order valence-electron chi connectivity index (χ4n) is 2.74. The molecular weight excluding hydrogens is 382 g/mol. The molecule has 3 heterocycles. The first-order valence-corrected chi connectivity index (χ1v) is 9.20. The van der Waals surface area contributed by atoms with Crippen molar-refractivity contribution in [3.63, 3.8) is 0 Å². The summed E-state index contributed by atoms with van der Waals surface area (Å²) in [6, 6.07) is 9.91. The molecular formula is C19H15N3O5S. The van der Waals surface area contributed by atoms with Gasteiger partial charge in [-0.15, -0.1) is 0 Å². The lowest BCUT2D eigenvalue weighted by molar-refractivity contribution is -0.402. The van der Waals surface area contributed by atoms with Gasteiger partial charge in [-0.05, 0) is 55.3 Å². The Hall–Kier alpha value is -3.46. The highest BCUT2D eigenvalue weighted by atomic mass is 32.1. The number of nitro groups is 1. The topological polar surface area (TPSA) is 103 Å². The monoisotopic (exact) mass is 397 g/mol. The van der Waals surface area contributed by atoms with Crippen molar-refractivity contribution in [2.24, 2.45) is 0 Å². The second-order valence-corrected chi connectivity index (χ2v) is 7.28. The van der Waals surface area contributed by atoms with Gasteiger partial charge in [-0.2, -0.15) is 0 Å². The largest absolute Gasteiger partial charge is 0.467 e. The Kier molecular flexibility index (Phi) is 4.44. The molecule has 1 amide bonds. The molecule has 142 valence electrons. The van der Waals surface area contributed by atoms with E-state index in [2.05, 4.69) is 4.98 Å². The number of thiazole rings is 1. The van der Waals surface area contributed by atoms with Crippen LogP contribution in [-0.4, -0.2) is 15.8 Å². The zero-order valence-electron chi connectivity index (χ0n) is 15.0. The van der Waals surface area contributed by atoms with Gasteiger partial charge in [0.2, 0.25) is 0 Å². The lowest BCUT2D eigenvalue weighted by Gasteiger charge is -2.17. The van der Waals surface area contributed by atoms with E-state index >= 15 is 0 Å². The minimum Gasteiger partial charge on any atom is -0.467 e. The minimum atomic E-state index is -0.684. The predicted octanol–water partition coefficient (Wildman–Crippen LogP) is 4.85. The number of aromatic nitrogens is 1. The van der Waals surface area contributed by atoms with Gasteiger partial charge in [0, 0.05) is 0 Å². The summed E-state index contributed by atoms with van der Waals surface area (Å²) >= 11 is 1.36. The lowest BCUT2D eigenvalue weighted by atomic mass is 10.1. The molecule has 4 rings (SSSR count). The number of anilines is 1. The smallest absolute Gasteiger partial charge is 0.433 e. The van der Waals surface area contributed by atoms with Crippen molar-refractivity contribution >= 4 is 38.5 Å². The number of furan rings is 2. The van der Waals surface area contributed by atoms with Gasteiger partial charge in [0.15, 0.2) is 10.9 Å². The number of rotatable bonds is 5. The van der Waals surface area contributed by atoms with Gasteiger partial charge in [0.25, 0.3) is 5.91 Å². The molecule has 0 aliphatic heterocycles. The molecule has 8 nitrogen and oxygen atoms in total. The molecule has 0 bridgehead atoms. The molecule has 0 radical (unpaired) electrons. The molecule has 0 saturated heterocycles. The van der Waals surface area contributed by atoms with E-state index in [4.69, 9.17) is 8.83 Å². The first-order valence-electron chi connectivity index (χ1n) is 8.38. The van der Waals surface area contributed by atoms with Crippen molar-refractivity contribution < 1.29 is 18.6 Å². The molecule has 4 aromatic rings. The average Bonchev–Trinajstić information content (AvgIpc) is 3.40. The van der Waals surface area contributed by atoms with Crippen LogP contribution in [0.25, 0.3) is 10.2 Å². The van der Waals surface area contributed by atoms with Crippen LogP contribution >= 0.6 is 11.3 Å². The van der Waals surface area contributed by atoms with E-state index in [9.17, 15) is 14.9 Å². The number of carbonyl (C=O) groups excluding carboxylic acids is 1. The van der Waals surface area contributed by atoms with Crippen molar-refractivity contribution in [2.45, 2.75) is 20.4 Å². The van der Waals surface area contributed by atoms with Crippen LogP contribution in [-0.2, 0) is 6.54 Å². The summed E-state index contributed by atoms with van der Waals surface area (Å²) < 4.78 is 11.4. The summed E-state index contributed by atoms with van der Waals surface area (Å²) in [5.74, 6) is -0.597. The van der Waals surface area contributed by atoms with Crippen molar-refractivity contribution in [1.82, 2.24) is 4.98 Å². The number of fused-ring (bicyclic) bond motifs is 1. The first kappa shape index (κ1) is 17.9. The Balaban J connectivity index is 1.76. The van der Waals surface area contributed by atoms with E-state index in [1.165, 1.54) is 28.6 Å². The van der Waals surface area contributed by atoms with Crippen LogP contribution in [0, 0.1) is 24.0 Å². The van der Waals surface area contributed by atoms with Crippen molar-refractivity contribution in [3.8, 4) is 0 Å². The number of benzene rings is 1. The molecule has 0 spiro atoms. The number of nitrogens with zero attached hydrogens (tertiary/aromatic N) is 3. The van der Waals surface area contributed by atoms with E-state index in [0.717, 1.165) is 27.4 Å². The molecule has 0 fully saturated rings. The van der Waals surface area contributed by atoms with Gasteiger partial charge in [0.1, 0.15) is 10.7 Å². The maximum Gasteiger partial charge on any atom is 0.433 e. The molecule has 0 N–H and O–H groups in total. The van der Waals surface area contributed by atoms with E-state index in [1.807, 2.05) is 26.0 Å². The van der Waals surface area contributed by atoms with Crippen LogP contribution in [0.4, 0.5) is 11.0 Å². The number of hydrogen-bond acceptors (Lipinski definition) is 7. The number of aryl methyl sites for hydroxylation is 2. The van der Waals surface area contributed by atoms with Crippen molar-refractivity contribution in [1.29, 1.82) is 0 Å². The predicted molar refractivity (Wildman–Crippen MR) is 104 cm³/mol. The van der Waals surface area contributed by atoms with Crippen LogP contribution in [0.15, 0.2) is 51.5 Å². The zero-order chi connectivity index (χ0) is 19.8. The summed E-state index contributed by atoms with van der Waals surface area (Å²) in [7, 11) is 0. The Morgan fingerprint density at radius 1 is 1.25 bits per heavy atom. The first-order chi connectivity index (χ1) is 13.4. The van der Waals surface area contributed by atoms with Gasteiger partial charge >= 0.3 is 5.88 Å². The maximum absolute atomic E-state index is 13.1. The summed E-state index contributed by atoms with van der Waals surface area (Å²) in [6.07, 6.45) is 1.51. The second kappa shape index (κ2) is 6.93. The second-order valence-electron chi connectivity index (χ2n) is 6.27.